The average Bonchev–Trinajstić information content (AvgIpc) is 2.71. The second kappa shape index (κ2) is 4.94. The first-order valence-electron chi connectivity index (χ1n) is 4.79. The quantitative estimate of drug-likeness (QED) is 0.924. The van der Waals surface area contributed by atoms with Gasteiger partial charge in [0.1, 0.15) is 5.82 Å². The van der Waals surface area contributed by atoms with Gasteiger partial charge in [-0.25, -0.2) is 17.8 Å². The number of nitrogens with zero attached hydrogens (tertiary/aromatic N) is 1. The number of thiazole rings is 1. The summed E-state index contributed by atoms with van der Waals surface area (Å²) in [5.41, 5.74) is 0.154. The number of hydrogen-bond donors (Lipinski definition) is 1. The maximum Gasteiger partial charge on any atom is 0.273 e. The summed E-state index contributed by atoms with van der Waals surface area (Å²) in [5, 5.41) is 0.647. The van der Waals surface area contributed by atoms with Crippen molar-refractivity contribution < 1.29 is 12.8 Å². The third-order valence-electron chi connectivity index (χ3n) is 2.04. The molecule has 0 aliphatic heterocycles. The maximum atomic E-state index is 13.1. The van der Waals surface area contributed by atoms with Crippen molar-refractivity contribution in [3.8, 4) is 0 Å². The monoisotopic (exact) mass is 350 g/mol. The highest BCUT2D eigenvalue weighted by Crippen LogP contribution is 2.27. The Kier molecular flexibility index (Phi) is 3.69. The second-order valence-corrected chi connectivity index (χ2v) is 7.43. The van der Waals surface area contributed by atoms with Gasteiger partial charge in [0, 0.05) is 4.47 Å². The molecule has 1 aromatic carbocycles. The van der Waals surface area contributed by atoms with E-state index in [0.717, 1.165) is 17.4 Å². The van der Waals surface area contributed by atoms with Crippen LogP contribution in [0.3, 0.4) is 0 Å². The Labute approximate surface area is 116 Å². The van der Waals surface area contributed by atoms with Gasteiger partial charge in [-0.05, 0) is 41.1 Å². The molecule has 0 bridgehead atoms. The summed E-state index contributed by atoms with van der Waals surface area (Å²) < 4.78 is 39.9. The van der Waals surface area contributed by atoms with E-state index in [4.69, 9.17) is 0 Å². The minimum Gasteiger partial charge on any atom is -0.278 e. The van der Waals surface area contributed by atoms with Crippen LogP contribution in [-0.4, -0.2) is 13.4 Å². The molecule has 0 amide bonds. The van der Waals surface area contributed by atoms with Crippen molar-refractivity contribution in [2.24, 2.45) is 0 Å². The van der Waals surface area contributed by atoms with Gasteiger partial charge < -0.3 is 0 Å². The molecule has 4 nitrogen and oxygen atoms in total. The van der Waals surface area contributed by atoms with Crippen molar-refractivity contribution >= 4 is 43.0 Å². The molecule has 0 aliphatic rings. The molecule has 0 aliphatic carbocycles. The topological polar surface area (TPSA) is 59.1 Å². The van der Waals surface area contributed by atoms with Gasteiger partial charge in [-0.2, -0.15) is 0 Å². The number of anilines is 1. The van der Waals surface area contributed by atoms with Crippen LogP contribution in [-0.2, 0) is 10.0 Å². The highest BCUT2D eigenvalue weighted by atomic mass is 79.9. The lowest BCUT2D eigenvalue weighted by Gasteiger charge is -2.07. The van der Waals surface area contributed by atoms with Crippen LogP contribution in [0, 0.1) is 12.7 Å². The first-order valence-corrected chi connectivity index (χ1v) is 7.88. The number of aryl methyl sites for hydroxylation is 1. The predicted molar refractivity (Wildman–Crippen MR) is 71.8 cm³/mol. The lowest BCUT2D eigenvalue weighted by Crippen LogP contribution is -2.12. The highest BCUT2D eigenvalue weighted by molar-refractivity contribution is 9.10. The summed E-state index contributed by atoms with van der Waals surface area (Å²) in [6.07, 6.45) is 1.27. The standard InChI is InChI=1S/C10H8BrFN2O2S2/c1-6-13-5-10(17-6)18(15,16)14-9-4-7(12)2-3-8(9)11/h2-5,14H,1H3. The summed E-state index contributed by atoms with van der Waals surface area (Å²) in [6, 6.07) is 3.78. The van der Waals surface area contributed by atoms with Crippen LogP contribution in [0.25, 0.3) is 0 Å². The lowest BCUT2D eigenvalue weighted by molar-refractivity contribution is 0.602. The minimum atomic E-state index is -3.72. The van der Waals surface area contributed by atoms with Gasteiger partial charge in [-0.1, -0.05) is 0 Å². The van der Waals surface area contributed by atoms with E-state index in [0.29, 0.717) is 9.48 Å². The average molecular weight is 351 g/mol. The van der Waals surface area contributed by atoms with Gasteiger partial charge in [0.2, 0.25) is 0 Å². The molecule has 18 heavy (non-hydrogen) atoms. The Morgan fingerprint density at radius 3 is 2.78 bits per heavy atom. The molecule has 0 saturated carbocycles. The van der Waals surface area contributed by atoms with Crippen molar-refractivity contribution in [2.75, 3.05) is 4.72 Å². The summed E-state index contributed by atoms with van der Waals surface area (Å²) in [5.74, 6) is -0.517. The van der Waals surface area contributed by atoms with Crippen LogP contribution in [0.4, 0.5) is 10.1 Å². The van der Waals surface area contributed by atoms with E-state index in [9.17, 15) is 12.8 Å². The van der Waals surface area contributed by atoms with Gasteiger partial charge in [-0.15, -0.1) is 11.3 Å². The lowest BCUT2D eigenvalue weighted by atomic mass is 10.3. The molecule has 8 heteroatoms. The molecular formula is C10H8BrFN2O2S2. The molecule has 0 saturated heterocycles. The SMILES string of the molecule is Cc1ncc(S(=O)(=O)Nc2cc(F)ccc2Br)s1. The number of sulfonamides is 1. The Balaban J connectivity index is 2.36. The number of rotatable bonds is 3. The molecular weight excluding hydrogens is 343 g/mol. The number of nitrogens with one attached hydrogen (secondary N) is 1. The number of halogens is 2. The molecule has 2 aromatic rings. The van der Waals surface area contributed by atoms with Crippen LogP contribution in [0.5, 0.6) is 0 Å². The smallest absolute Gasteiger partial charge is 0.273 e. The van der Waals surface area contributed by atoms with E-state index in [1.807, 2.05) is 0 Å². The van der Waals surface area contributed by atoms with Crippen LogP contribution in [0.15, 0.2) is 33.1 Å². The summed E-state index contributed by atoms with van der Waals surface area (Å²) in [6.45, 7) is 1.71. The zero-order chi connectivity index (χ0) is 13.3. The van der Waals surface area contributed by atoms with Gasteiger partial charge in [0.05, 0.1) is 16.9 Å². The van der Waals surface area contributed by atoms with Crippen LogP contribution < -0.4 is 4.72 Å². The highest BCUT2D eigenvalue weighted by Gasteiger charge is 2.18. The van der Waals surface area contributed by atoms with Gasteiger partial charge >= 0.3 is 0 Å². The normalized spacial score (nSPS) is 11.5. The van der Waals surface area contributed by atoms with E-state index >= 15 is 0 Å². The molecule has 0 fully saturated rings. The molecule has 1 N–H and O–H groups in total. The fourth-order valence-corrected chi connectivity index (χ4v) is 3.89. The molecule has 0 radical (unpaired) electrons. The summed E-state index contributed by atoms with van der Waals surface area (Å²) in [4.78, 5) is 3.88. The van der Waals surface area contributed by atoms with Gasteiger partial charge in [0.25, 0.3) is 10.0 Å². The van der Waals surface area contributed by atoms with Crippen molar-refractivity contribution in [3.05, 3.63) is 39.7 Å². The van der Waals surface area contributed by atoms with Gasteiger partial charge in [0.15, 0.2) is 4.21 Å². The fourth-order valence-electron chi connectivity index (χ4n) is 1.24. The van der Waals surface area contributed by atoms with Crippen molar-refractivity contribution in [3.63, 3.8) is 0 Å². The van der Waals surface area contributed by atoms with E-state index < -0.39 is 15.8 Å². The van der Waals surface area contributed by atoms with Crippen LogP contribution >= 0.6 is 27.3 Å². The van der Waals surface area contributed by atoms with E-state index in [2.05, 4.69) is 25.6 Å². The molecule has 0 spiro atoms. The van der Waals surface area contributed by atoms with Crippen molar-refractivity contribution in [2.45, 2.75) is 11.1 Å². The number of aromatic nitrogens is 1. The zero-order valence-electron chi connectivity index (χ0n) is 9.15. The second-order valence-electron chi connectivity index (χ2n) is 3.43. The molecule has 0 atom stereocenters. The minimum absolute atomic E-state index is 0.0937. The summed E-state index contributed by atoms with van der Waals surface area (Å²) >= 11 is 4.21. The first-order chi connectivity index (χ1) is 8.38. The molecule has 2 rings (SSSR count). The molecule has 96 valence electrons. The Hall–Kier alpha value is -0.990. The van der Waals surface area contributed by atoms with E-state index in [1.54, 1.807) is 6.92 Å². The number of benzene rings is 1. The Morgan fingerprint density at radius 2 is 2.17 bits per heavy atom. The molecule has 1 heterocycles. The third-order valence-corrected chi connectivity index (χ3v) is 5.47. The van der Waals surface area contributed by atoms with E-state index in [1.165, 1.54) is 18.3 Å². The third kappa shape index (κ3) is 2.88. The van der Waals surface area contributed by atoms with Crippen LogP contribution in [0.1, 0.15) is 5.01 Å². The Morgan fingerprint density at radius 1 is 1.44 bits per heavy atom. The van der Waals surface area contributed by atoms with Crippen LogP contribution in [0.2, 0.25) is 0 Å². The Bertz CT molecular complexity index is 685. The first kappa shape index (κ1) is 13.4. The predicted octanol–water partition coefficient (Wildman–Crippen LogP) is 3.15. The van der Waals surface area contributed by atoms with Gasteiger partial charge in [-0.3, -0.25) is 4.72 Å². The summed E-state index contributed by atoms with van der Waals surface area (Å²) in [7, 11) is -3.72. The van der Waals surface area contributed by atoms with Crippen molar-refractivity contribution in [1.29, 1.82) is 0 Å². The maximum absolute atomic E-state index is 13.1. The van der Waals surface area contributed by atoms with E-state index in [-0.39, 0.29) is 9.90 Å². The molecule has 1 aromatic heterocycles. The largest absolute Gasteiger partial charge is 0.278 e. The zero-order valence-corrected chi connectivity index (χ0v) is 12.4. The fraction of sp³-hybridized carbons (Fsp3) is 0.100. The molecule has 0 unspecified atom stereocenters. The number of hydrogen-bond acceptors (Lipinski definition) is 4. The van der Waals surface area contributed by atoms with Crippen molar-refractivity contribution in [1.82, 2.24) is 4.98 Å².